The Bertz CT molecular complexity index is 783. The van der Waals surface area contributed by atoms with Gasteiger partial charge in [-0.25, -0.2) is 4.68 Å². The summed E-state index contributed by atoms with van der Waals surface area (Å²) < 4.78 is 18.0. The van der Waals surface area contributed by atoms with E-state index in [1.165, 1.54) is 5.69 Å². The van der Waals surface area contributed by atoms with Crippen molar-refractivity contribution < 1.29 is 19.0 Å². The Morgan fingerprint density at radius 3 is 2.47 bits per heavy atom. The summed E-state index contributed by atoms with van der Waals surface area (Å²) in [5.74, 6) is -0.268. The van der Waals surface area contributed by atoms with Crippen LogP contribution in [0.1, 0.15) is 42.9 Å². The van der Waals surface area contributed by atoms with Crippen LogP contribution in [0.3, 0.4) is 0 Å². The zero-order chi connectivity index (χ0) is 21.3. The highest BCUT2D eigenvalue weighted by atomic mass is 16.7. The molecular formula is C21H31N5O4. The summed E-state index contributed by atoms with van der Waals surface area (Å²) in [6.45, 7) is 10.5. The molecule has 0 radical (unpaired) electrons. The number of hydrogen-bond donors (Lipinski definition) is 1. The van der Waals surface area contributed by atoms with E-state index in [2.05, 4.69) is 32.7 Å². The number of amides is 1. The lowest BCUT2D eigenvalue weighted by molar-refractivity contribution is -0.145. The number of carbonyl (C=O) groups excluding carboxylic acids is 1. The second-order valence-corrected chi connectivity index (χ2v) is 7.05. The number of carbonyl (C=O) groups is 1. The maximum Gasteiger partial charge on any atom is 0.273 e. The van der Waals surface area contributed by atoms with Gasteiger partial charge in [0.25, 0.3) is 5.91 Å². The first kappa shape index (κ1) is 22.2. The molecular weight excluding hydrogens is 386 g/mol. The van der Waals surface area contributed by atoms with E-state index in [0.717, 1.165) is 31.9 Å². The highest BCUT2D eigenvalue weighted by Gasteiger charge is 2.17. The van der Waals surface area contributed by atoms with Crippen molar-refractivity contribution in [3.8, 4) is 0 Å². The maximum atomic E-state index is 12.6. The van der Waals surface area contributed by atoms with E-state index in [4.69, 9.17) is 14.2 Å². The van der Waals surface area contributed by atoms with Crippen LogP contribution in [0.25, 0.3) is 0 Å². The molecule has 9 nitrogen and oxygen atoms in total. The Kier molecular flexibility index (Phi) is 8.18. The van der Waals surface area contributed by atoms with Gasteiger partial charge in [-0.15, -0.1) is 5.10 Å². The predicted octanol–water partition coefficient (Wildman–Crippen LogP) is 2.00. The molecule has 2 aromatic rings. The van der Waals surface area contributed by atoms with Crippen molar-refractivity contribution in [3.05, 3.63) is 41.7 Å². The van der Waals surface area contributed by atoms with Gasteiger partial charge in [-0.1, -0.05) is 17.3 Å². The molecule has 0 spiro atoms. The van der Waals surface area contributed by atoms with E-state index in [9.17, 15) is 4.79 Å². The molecule has 1 amide bonds. The van der Waals surface area contributed by atoms with Gasteiger partial charge in [-0.2, -0.15) is 0 Å². The lowest BCUT2D eigenvalue weighted by Gasteiger charge is -2.29. The van der Waals surface area contributed by atoms with Crippen LogP contribution in [-0.2, 0) is 20.8 Å². The average Bonchev–Trinajstić information content (AvgIpc) is 3.23. The summed E-state index contributed by atoms with van der Waals surface area (Å²) >= 11 is 0. The maximum absolute atomic E-state index is 12.6. The first-order valence-corrected chi connectivity index (χ1v) is 10.5. The third-order valence-corrected chi connectivity index (χ3v) is 4.93. The van der Waals surface area contributed by atoms with Crippen LogP contribution in [-0.4, -0.2) is 66.7 Å². The minimum atomic E-state index is -0.415. The molecule has 0 saturated carbocycles. The highest BCUT2D eigenvalue weighted by molar-refractivity contribution is 5.92. The van der Waals surface area contributed by atoms with Crippen molar-refractivity contribution in [3.63, 3.8) is 0 Å². The number of hydrogen-bond acceptors (Lipinski definition) is 7. The summed E-state index contributed by atoms with van der Waals surface area (Å²) in [5, 5.41) is 11.0. The van der Waals surface area contributed by atoms with Gasteiger partial charge in [0.15, 0.2) is 12.0 Å². The molecule has 0 bridgehead atoms. The van der Waals surface area contributed by atoms with E-state index >= 15 is 0 Å². The summed E-state index contributed by atoms with van der Waals surface area (Å²) in [5.41, 5.74) is 2.46. The standard InChI is InChI=1S/C21H31N5O4/c1-4-29-20(30-5-2)15-26-14-19(23-24-26)21(27)22-16(3)17-6-8-18(9-7-17)25-10-12-28-13-11-25/h6-9,14,16,20H,4-5,10-13,15H2,1-3H3,(H,22,27). The van der Waals surface area contributed by atoms with Crippen LogP contribution >= 0.6 is 0 Å². The van der Waals surface area contributed by atoms with Crippen molar-refractivity contribution in [2.24, 2.45) is 0 Å². The van der Waals surface area contributed by atoms with Gasteiger partial charge in [0.1, 0.15) is 0 Å². The molecule has 1 aliphatic rings. The number of rotatable bonds is 10. The van der Waals surface area contributed by atoms with Crippen molar-refractivity contribution in [2.45, 2.75) is 39.6 Å². The number of nitrogens with one attached hydrogen (secondary N) is 1. The summed E-state index contributed by atoms with van der Waals surface area (Å²) in [7, 11) is 0. The minimum absolute atomic E-state index is 0.152. The quantitative estimate of drug-likeness (QED) is 0.591. The summed E-state index contributed by atoms with van der Waals surface area (Å²) in [6.07, 6.45) is 1.19. The van der Waals surface area contributed by atoms with E-state index in [1.807, 2.05) is 32.9 Å². The van der Waals surface area contributed by atoms with Gasteiger partial charge in [0.05, 0.1) is 32.0 Å². The number of nitrogens with zero attached hydrogens (tertiary/aromatic N) is 4. The summed E-state index contributed by atoms with van der Waals surface area (Å²) in [6, 6.07) is 8.10. The van der Waals surface area contributed by atoms with Crippen LogP contribution in [0.15, 0.2) is 30.5 Å². The molecule has 9 heteroatoms. The van der Waals surface area contributed by atoms with Crippen LogP contribution < -0.4 is 10.2 Å². The van der Waals surface area contributed by atoms with E-state index < -0.39 is 6.29 Å². The number of aromatic nitrogens is 3. The van der Waals surface area contributed by atoms with Crippen molar-refractivity contribution in [1.29, 1.82) is 0 Å². The average molecular weight is 418 g/mol. The van der Waals surface area contributed by atoms with Gasteiger partial charge < -0.3 is 24.4 Å². The Labute approximate surface area is 177 Å². The van der Waals surface area contributed by atoms with Gasteiger partial charge in [0.2, 0.25) is 0 Å². The molecule has 1 aliphatic heterocycles. The topological polar surface area (TPSA) is 90.7 Å². The number of ether oxygens (including phenoxy) is 3. The molecule has 1 aromatic carbocycles. The van der Waals surface area contributed by atoms with E-state index in [0.29, 0.717) is 19.8 Å². The fourth-order valence-electron chi connectivity index (χ4n) is 3.32. The minimum Gasteiger partial charge on any atom is -0.378 e. The van der Waals surface area contributed by atoms with Gasteiger partial charge >= 0.3 is 0 Å². The molecule has 1 fully saturated rings. The molecule has 1 saturated heterocycles. The van der Waals surface area contributed by atoms with Crippen LogP contribution in [0.5, 0.6) is 0 Å². The van der Waals surface area contributed by atoms with E-state index in [-0.39, 0.29) is 17.6 Å². The smallest absolute Gasteiger partial charge is 0.273 e. The highest BCUT2D eigenvalue weighted by Crippen LogP contribution is 2.20. The largest absolute Gasteiger partial charge is 0.378 e. The SMILES string of the molecule is CCOC(Cn1cc(C(=O)NC(C)c2ccc(N3CCOCC3)cc2)nn1)OCC. The van der Waals surface area contributed by atoms with Gasteiger partial charge in [-0.05, 0) is 38.5 Å². The normalized spacial score (nSPS) is 15.4. The molecule has 164 valence electrons. The van der Waals surface area contributed by atoms with Crippen LogP contribution in [0.2, 0.25) is 0 Å². The number of anilines is 1. The third-order valence-electron chi connectivity index (χ3n) is 4.93. The zero-order valence-electron chi connectivity index (χ0n) is 17.9. The lowest BCUT2D eigenvalue weighted by Crippen LogP contribution is -2.36. The molecule has 1 N–H and O–H groups in total. The van der Waals surface area contributed by atoms with Gasteiger partial charge in [0, 0.05) is 32.0 Å². The van der Waals surface area contributed by atoms with Gasteiger partial charge in [-0.3, -0.25) is 4.79 Å². The Hall–Kier alpha value is -2.49. The van der Waals surface area contributed by atoms with Crippen LogP contribution in [0, 0.1) is 0 Å². The Morgan fingerprint density at radius 2 is 1.83 bits per heavy atom. The zero-order valence-corrected chi connectivity index (χ0v) is 17.9. The first-order chi connectivity index (χ1) is 14.6. The van der Waals surface area contributed by atoms with E-state index in [1.54, 1.807) is 10.9 Å². The molecule has 0 aliphatic carbocycles. The van der Waals surface area contributed by atoms with Crippen molar-refractivity contribution in [1.82, 2.24) is 20.3 Å². The second-order valence-electron chi connectivity index (χ2n) is 7.05. The molecule has 30 heavy (non-hydrogen) atoms. The monoisotopic (exact) mass is 417 g/mol. The fourth-order valence-corrected chi connectivity index (χ4v) is 3.32. The molecule has 1 atom stereocenters. The lowest BCUT2D eigenvalue weighted by atomic mass is 10.1. The third kappa shape index (κ3) is 6.01. The molecule has 1 unspecified atom stereocenters. The fraction of sp³-hybridized carbons (Fsp3) is 0.571. The van der Waals surface area contributed by atoms with Crippen molar-refractivity contribution in [2.75, 3.05) is 44.4 Å². The number of benzene rings is 1. The predicted molar refractivity (Wildman–Crippen MR) is 112 cm³/mol. The molecule has 3 rings (SSSR count). The summed E-state index contributed by atoms with van der Waals surface area (Å²) in [4.78, 5) is 14.9. The van der Waals surface area contributed by atoms with Crippen LogP contribution in [0.4, 0.5) is 5.69 Å². The second kappa shape index (κ2) is 11.1. The first-order valence-electron chi connectivity index (χ1n) is 10.5. The van der Waals surface area contributed by atoms with Crippen molar-refractivity contribution >= 4 is 11.6 Å². The molecule has 1 aromatic heterocycles. The molecule has 2 heterocycles. The Morgan fingerprint density at radius 1 is 1.17 bits per heavy atom. The number of morpholine rings is 1. The Balaban J connectivity index is 1.55.